The molecule has 1 aromatic carbocycles. The van der Waals surface area contributed by atoms with Gasteiger partial charge in [0.15, 0.2) is 0 Å². The molecule has 0 spiro atoms. The van der Waals surface area contributed by atoms with Crippen LogP contribution >= 0.6 is 0 Å². The van der Waals surface area contributed by atoms with Crippen molar-refractivity contribution in [2.24, 2.45) is 0 Å². The Morgan fingerprint density at radius 3 is 2.39 bits per heavy atom. The molecule has 18 heavy (non-hydrogen) atoms. The first-order valence-electron chi connectivity index (χ1n) is 6.23. The number of esters is 1. The van der Waals surface area contributed by atoms with Gasteiger partial charge in [0.05, 0.1) is 7.11 Å². The summed E-state index contributed by atoms with van der Waals surface area (Å²) in [5.41, 5.74) is -0.0264. The molecule has 1 unspecified atom stereocenters. The van der Waals surface area contributed by atoms with Crippen LogP contribution < -0.4 is 5.32 Å². The fourth-order valence-electron chi connectivity index (χ4n) is 2.02. The number of benzene rings is 1. The number of hydrogen-bond acceptors (Lipinski definition) is 4. The van der Waals surface area contributed by atoms with Gasteiger partial charge in [-0.3, -0.25) is 5.32 Å². The minimum atomic E-state index is -0.835. The molecule has 0 heterocycles. The van der Waals surface area contributed by atoms with Gasteiger partial charge in [0.1, 0.15) is 11.3 Å². The van der Waals surface area contributed by atoms with E-state index in [-0.39, 0.29) is 11.7 Å². The molecule has 0 bridgehead atoms. The van der Waals surface area contributed by atoms with E-state index in [4.69, 9.17) is 4.74 Å². The van der Waals surface area contributed by atoms with Crippen LogP contribution in [0.2, 0.25) is 0 Å². The van der Waals surface area contributed by atoms with Gasteiger partial charge in [0.2, 0.25) is 0 Å². The van der Waals surface area contributed by atoms with Crippen molar-refractivity contribution in [1.29, 1.82) is 0 Å². The quantitative estimate of drug-likeness (QED) is 0.761. The lowest BCUT2D eigenvalue weighted by molar-refractivity contribution is -0.149. The normalized spacial score (nSPS) is 13.9. The standard InChI is InChI=1S/C14H21NO3/c1-4-10-15-14(5-2,13(17)18-3)11-6-8-12(16)9-7-11/h6-9,15-16H,4-5,10H2,1-3H3. The third kappa shape index (κ3) is 2.82. The Morgan fingerprint density at radius 2 is 1.94 bits per heavy atom. The van der Waals surface area contributed by atoms with E-state index in [9.17, 15) is 9.90 Å². The molecule has 0 aliphatic rings. The highest BCUT2D eigenvalue weighted by molar-refractivity contribution is 5.82. The van der Waals surface area contributed by atoms with E-state index in [1.54, 1.807) is 24.3 Å². The van der Waals surface area contributed by atoms with Gasteiger partial charge in [0, 0.05) is 0 Å². The minimum Gasteiger partial charge on any atom is -0.508 e. The average molecular weight is 251 g/mol. The second-order valence-corrected chi connectivity index (χ2v) is 4.22. The molecule has 0 fully saturated rings. The van der Waals surface area contributed by atoms with Gasteiger partial charge < -0.3 is 9.84 Å². The highest BCUT2D eigenvalue weighted by Gasteiger charge is 2.39. The van der Waals surface area contributed by atoms with Crippen LogP contribution in [0.3, 0.4) is 0 Å². The molecule has 100 valence electrons. The maximum atomic E-state index is 12.1. The van der Waals surface area contributed by atoms with Crippen LogP contribution in [-0.4, -0.2) is 24.7 Å². The number of methoxy groups -OCH3 is 1. The fraction of sp³-hybridized carbons (Fsp3) is 0.500. The molecule has 0 aromatic heterocycles. The van der Waals surface area contributed by atoms with Crippen LogP contribution in [0.5, 0.6) is 5.75 Å². The van der Waals surface area contributed by atoms with Crippen molar-refractivity contribution in [3.63, 3.8) is 0 Å². The number of rotatable bonds is 6. The van der Waals surface area contributed by atoms with Crippen molar-refractivity contribution in [2.75, 3.05) is 13.7 Å². The number of carbonyl (C=O) groups is 1. The first kappa shape index (κ1) is 14.5. The summed E-state index contributed by atoms with van der Waals surface area (Å²) in [6, 6.07) is 6.66. The Balaban J connectivity index is 3.16. The van der Waals surface area contributed by atoms with E-state index in [0.717, 1.165) is 18.5 Å². The largest absolute Gasteiger partial charge is 0.508 e. The van der Waals surface area contributed by atoms with Gasteiger partial charge >= 0.3 is 5.97 Å². The third-order valence-corrected chi connectivity index (χ3v) is 3.10. The predicted molar refractivity (Wildman–Crippen MR) is 70.4 cm³/mol. The summed E-state index contributed by atoms with van der Waals surface area (Å²) >= 11 is 0. The Morgan fingerprint density at radius 1 is 1.33 bits per heavy atom. The van der Waals surface area contributed by atoms with Gasteiger partial charge in [-0.15, -0.1) is 0 Å². The molecule has 0 aliphatic carbocycles. The SMILES string of the molecule is CCCNC(CC)(C(=O)OC)c1ccc(O)cc1. The van der Waals surface area contributed by atoms with Crippen LogP contribution in [0.25, 0.3) is 0 Å². The monoisotopic (exact) mass is 251 g/mol. The Bertz CT molecular complexity index is 389. The first-order chi connectivity index (χ1) is 8.60. The number of phenolic OH excluding ortho intramolecular Hbond substituents is 1. The smallest absolute Gasteiger partial charge is 0.330 e. The van der Waals surface area contributed by atoms with E-state index in [1.165, 1.54) is 7.11 Å². The van der Waals surface area contributed by atoms with Crippen LogP contribution in [0.1, 0.15) is 32.3 Å². The van der Waals surface area contributed by atoms with E-state index in [0.29, 0.717) is 6.42 Å². The van der Waals surface area contributed by atoms with Crippen molar-refractivity contribution in [3.05, 3.63) is 29.8 Å². The summed E-state index contributed by atoms with van der Waals surface area (Å²) in [4.78, 5) is 12.1. The molecule has 0 radical (unpaired) electrons. The number of ether oxygens (including phenoxy) is 1. The number of aromatic hydroxyl groups is 1. The zero-order valence-corrected chi connectivity index (χ0v) is 11.2. The summed E-state index contributed by atoms with van der Waals surface area (Å²) < 4.78 is 4.92. The molecule has 0 saturated heterocycles. The molecule has 2 N–H and O–H groups in total. The molecular weight excluding hydrogens is 230 g/mol. The van der Waals surface area contributed by atoms with E-state index < -0.39 is 5.54 Å². The second-order valence-electron chi connectivity index (χ2n) is 4.22. The molecule has 1 aromatic rings. The first-order valence-corrected chi connectivity index (χ1v) is 6.23. The van der Waals surface area contributed by atoms with E-state index in [2.05, 4.69) is 5.32 Å². The molecule has 4 heteroatoms. The molecule has 0 amide bonds. The lowest BCUT2D eigenvalue weighted by atomic mass is 9.87. The van der Waals surface area contributed by atoms with Crippen molar-refractivity contribution in [3.8, 4) is 5.75 Å². The molecule has 4 nitrogen and oxygen atoms in total. The zero-order valence-electron chi connectivity index (χ0n) is 11.2. The molecular formula is C14H21NO3. The van der Waals surface area contributed by atoms with Gasteiger partial charge in [-0.25, -0.2) is 4.79 Å². The van der Waals surface area contributed by atoms with Crippen LogP contribution in [0, 0.1) is 0 Å². The lowest BCUT2D eigenvalue weighted by Gasteiger charge is -2.31. The Labute approximate surface area is 108 Å². The van der Waals surface area contributed by atoms with Crippen molar-refractivity contribution in [1.82, 2.24) is 5.32 Å². The van der Waals surface area contributed by atoms with Crippen LogP contribution in [-0.2, 0) is 15.1 Å². The molecule has 1 atom stereocenters. The Kier molecular flexibility index (Phi) is 5.16. The average Bonchev–Trinajstić information content (AvgIpc) is 2.41. The van der Waals surface area contributed by atoms with Gasteiger partial charge in [-0.2, -0.15) is 0 Å². The molecule has 0 aliphatic heterocycles. The Hall–Kier alpha value is -1.55. The van der Waals surface area contributed by atoms with Gasteiger partial charge in [0.25, 0.3) is 0 Å². The zero-order chi connectivity index (χ0) is 13.6. The summed E-state index contributed by atoms with van der Waals surface area (Å²) in [6.07, 6.45) is 1.52. The predicted octanol–water partition coefficient (Wildman–Crippen LogP) is 2.17. The van der Waals surface area contributed by atoms with E-state index >= 15 is 0 Å². The minimum absolute atomic E-state index is 0.184. The van der Waals surface area contributed by atoms with Crippen LogP contribution in [0.15, 0.2) is 24.3 Å². The second kappa shape index (κ2) is 6.40. The number of nitrogens with one attached hydrogen (secondary N) is 1. The maximum absolute atomic E-state index is 12.1. The van der Waals surface area contributed by atoms with Crippen molar-refractivity contribution in [2.45, 2.75) is 32.2 Å². The van der Waals surface area contributed by atoms with E-state index in [1.807, 2.05) is 13.8 Å². The highest BCUT2D eigenvalue weighted by Crippen LogP contribution is 2.28. The molecule has 0 saturated carbocycles. The van der Waals surface area contributed by atoms with Crippen molar-refractivity contribution >= 4 is 5.97 Å². The highest BCUT2D eigenvalue weighted by atomic mass is 16.5. The number of phenols is 1. The third-order valence-electron chi connectivity index (χ3n) is 3.10. The fourth-order valence-corrected chi connectivity index (χ4v) is 2.02. The summed E-state index contributed by atoms with van der Waals surface area (Å²) in [6.45, 7) is 4.71. The van der Waals surface area contributed by atoms with Gasteiger partial charge in [-0.05, 0) is 37.1 Å². The van der Waals surface area contributed by atoms with Gasteiger partial charge in [-0.1, -0.05) is 26.0 Å². The summed E-state index contributed by atoms with van der Waals surface area (Å²) in [7, 11) is 1.39. The molecule has 1 rings (SSSR count). The van der Waals surface area contributed by atoms with Crippen molar-refractivity contribution < 1.29 is 14.6 Å². The lowest BCUT2D eigenvalue weighted by Crippen LogP contribution is -2.49. The van der Waals surface area contributed by atoms with Crippen LogP contribution in [0.4, 0.5) is 0 Å². The number of carbonyl (C=O) groups excluding carboxylic acids is 1. The number of hydrogen-bond donors (Lipinski definition) is 2. The maximum Gasteiger partial charge on any atom is 0.330 e. The topological polar surface area (TPSA) is 58.6 Å². The summed E-state index contributed by atoms with van der Waals surface area (Å²) in [5, 5.41) is 12.6. The summed E-state index contributed by atoms with van der Waals surface area (Å²) in [5.74, 6) is -0.117.